The van der Waals surface area contributed by atoms with Crippen LogP contribution in [-0.2, 0) is 4.79 Å². The Bertz CT molecular complexity index is 1730. The molecule has 3 heterocycles. The number of pyridine rings is 1. The number of nitrogens with zero attached hydrogens (tertiary/aromatic N) is 6. The Morgan fingerprint density at radius 3 is 2.58 bits per heavy atom. The lowest BCUT2D eigenvalue weighted by molar-refractivity contribution is -0.113. The second-order valence-corrected chi connectivity index (χ2v) is 9.44. The molecule has 0 aliphatic rings. The molecule has 0 aliphatic carbocycles. The number of nitrogens with one attached hydrogen (secondary N) is 1. The van der Waals surface area contributed by atoms with Gasteiger partial charge in [-0.2, -0.15) is 0 Å². The molecule has 1 amide bonds. The molecule has 0 saturated heterocycles. The molecule has 202 valence electrons. The maximum absolute atomic E-state index is 15.3. The average Bonchev–Trinajstić information content (AvgIpc) is 3.31. The lowest BCUT2D eigenvalue weighted by Gasteiger charge is -2.12. The van der Waals surface area contributed by atoms with Crippen molar-refractivity contribution in [1.82, 2.24) is 29.7 Å². The van der Waals surface area contributed by atoms with Gasteiger partial charge >= 0.3 is 0 Å². The van der Waals surface area contributed by atoms with E-state index in [1.165, 1.54) is 23.1 Å². The zero-order valence-corrected chi connectivity index (χ0v) is 22.2. The molecule has 11 heteroatoms. The van der Waals surface area contributed by atoms with Crippen LogP contribution in [0.15, 0.2) is 79.1 Å². The van der Waals surface area contributed by atoms with Crippen LogP contribution in [0.2, 0.25) is 0 Å². The zero-order valence-electron chi connectivity index (χ0n) is 22.2. The van der Waals surface area contributed by atoms with Gasteiger partial charge in [0.05, 0.1) is 0 Å². The van der Waals surface area contributed by atoms with E-state index in [0.29, 0.717) is 51.6 Å². The quantitative estimate of drug-likeness (QED) is 0.272. The zero-order chi connectivity index (χ0) is 28.4. The lowest BCUT2D eigenvalue weighted by Crippen LogP contribution is -2.23. The van der Waals surface area contributed by atoms with Crippen molar-refractivity contribution < 1.29 is 13.9 Å². The maximum Gasteiger partial charge on any atom is 0.252 e. The maximum atomic E-state index is 15.3. The number of nitrogens with two attached hydrogens (primary N) is 1. The molecule has 10 nitrogen and oxygen atoms in total. The highest BCUT2D eigenvalue weighted by atomic mass is 19.1. The summed E-state index contributed by atoms with van der Waals surface area (Å²) in [5.74, 6) is -0.343. The van der Waals surface area contributed by atoms with Crippen molar-refractivity contribution in [2.75, 3.05) is 31.7 Å². The highest BCUT2D eigenvalue weighted by molar-refractivity contribution is 6.04. The summed E-state index contributed by atoms with van der Waals surface area (Å²) in [5, 5.41) is 11.7. The van der Waals surface area contributed by atoms with Gasteiger partial charge in [0, 0.05) is 40.7 Å². The number of aromatic nitrogens is 5. The molecule has 0 unspecified atom stereocenters. The van der Waals surface area contributed by atoms with Gasteiger partial charge in [-0.15, -0.1) is 14.8 Å². The fraction of sp³-hybridized carbons (Fsp3) is 0.138. The van der Waals surface area contributed by atoms with Crippen molar-refractivity contribution >= 4 is 22.9 Å². The van der Waals surface area contributed by atoms with Gasteiger partial charge in [-0.1, -0.05) is 30.8 Å². The standard InChI is InChI=1S/C29H27FN8O2/c1-17(15-37(3)4)29(39)35-21-11-8-19(9-12-21)26-25(27-28(31)32-16-33-38(27)36-26)20-10-13-23(22(30)14-20)40-24-7-5-6-18(2)34-24/h5-14,16H,1,15H2,2-4H3,(H,35,39)(H2,31,32,33). The lowest BCUT2D eigenvalue weighted by atomic mass is 9.99. The molecule has 0 aliphatic heterocycles. The monoisotopic (exact) mass is 538 g/mol. The molecule has 3 N–H and O–H groups in total. The number of ether oxygens (including phenoxy) is 1. The third-order valence-corrected chi connectivity index (χ3v) is 6.01. The number of halogens is 1. The predicted molar refractivity (Wildman–Crippen MR) is 151 cm³/mol. The van der Waals surface area contributed by atoms with E-state index >= 15 is 4.39 Å². The molecule has 0 spiro atoms. The van der Waals surface area contributed by atoms with Gasteiger partial charge in [0.1, 0.15) is 17.5 Å². The van der Waals surface area contributed by atoms with Crippen molar-refractivity contribution in [3.8, 4) is 34.0 Å². The second-order valence-electron chi connectivity index (χ2n) is 9.44. The highest BCUT2D eigenvalue weighted by Crippen LogP contribution is 2.38. The van der Waals surface area contributed by atoms with Gasteiger partial charge < -0.3 is 20.7 Å². The number of benzene rings is 2. The molecule has 5 rings (SSSR count). The van der Waals surface area contributed by atoms with E-state index in [9.17, 15) is 4.79 Å². The summed E-state index contributed by atoms with van der Waals surface area (Å²) < 4.78 is 22.3. The Hall–Kier alpha value is -5.16. The number of likely N-dealkylation sites (N-methyl/N-ethyl adjacent to an activating group) is 1. The van der Waals surface area contributed by atoms with Crippen molar-refractivity contribution in [3.63, 3.8) is 0 Å². The fourth-order valence-electron chi connectivity index (χ4n) is 4.21. The normalized spacial score (nSPS) is 11.1. The number of hydrogen-bond acceptors (Lipinski definition) is 8. The van der Waals surface area contributed by atoms with E-state index in [0.717, 1.165) is 5.69 Å². The molecule has 5 aromatic rings. The molecule has 0 atom stereocenters. The number of carbonyl (C=O) groups is 1. The molecule has 2 aromatic carbocycles. The Labute approximate surface area is 229 Å². The first-order chi connectivity index (χ1) is 19.2. The van der Waals surface area contributed by atoms with Crippen LogP contribution in [0.5, 0.6) is 11.6 Å². The third-order valence-electron chi connectivity index (χ3n) is 6.01. The molecule has 0 bridgehead atoms. The molecular weight excluding hydrogens is 511 g/mol. The number of nitrogen functional groups attached to an aromatic ring is 1. The topological polar surface area (TPSA) is 124 Å². The first-order valence-electron chi connectivity index (χ1n) is 12.3. The number of amides is 1. The summed E-state index contributed by atoms with van der Waals surface area (Å²) >= 11 is 0. The fourth-order valence-corrected chi connectivity index (χ4v) is 4.21. The van der Waals surface area contributed by atoms with Crippen molar-refractivity contribution in [3.05, 3.63) is 90.7 Å². The van der Waals surface area contributed by atoms with Gasteiger partial charge in [-0.25, -0.2) is 14.4 Å². The summed E-state index contributed by atoms with van der Waals surface area (Å²) in [6.07, 6.45) is 1.30. The number of aryl methyl sites for hydroxylation is 1. The second kappa shape index (κ2) is 10.9. The summed E-state index contributed by atoms with van der Waals surface area (Å²) in [5.41, 5.74) is 10.7. The number of carbonyl (C=O) groups excluding carboxylic acids is 1. The Kier molecular flexibility index (Phi) is 7.21. The van der Waals surface area contributed by atoms with E-state index < -0.39 is 5.82 Å². The Morgan fingerprint density at radius 2 is 1.88 bits per heavy atom. The summed E-state index contributed by atoms with van der Waals surface area (Å²) in [4.78, 5) is 22.7. The van der Waals surface area contributed by atoms with Gasteiger partial charge in [0.2, 0.25) is 5.88 Å². The molecule has 0 saturated carbocycles. The SMILES string of the molecule is C=C(CN(C)C)C(=O)Nc1ccc(-c2nn3ncnc(N)c3c2-c2ccc(Oc3cccc(C)n3)c(F)c2)cc1. The van der Waals surface area contributed by atoms with Crippen LogP contribution in [0.4, 0.5) is 15.9 Å². The Morgan fingerprint density at radius 1 is 1.12 bits per heavy atom. The summed E-state index contributed by atoms with van der Waals surface area (Å²) in [6, 6.07) is 17.0. The van der Waals surface area contributed by atoms with Gasteiger partial charge in [-0.3, -0.25) is 4.79 Å². The minimum Gasteiger partial charge on any atom is -0.436 e. The largest absolute Gasteiger partial charge is 0.436 e. The van der Waals surface area contributed by atoms with Crippen LogP contribution in [0.3, 0.4) is 0 Å². The molecule has 3 aromatic heterocycles. The van der Waals surface area contributed by atoms with Gasteiger partial charge in [-0.05, 0) is 56.9 Å². The van der Waals surface area contributed by atoms with Gasteiger partial charge in [0.15, 0.2) is 17.4 Å². The van der Waals surface area contributed by atoms with E-state index in [1.807, 2.05) is 32.0 Å². The molecular formula is C29H27FN8O2. The van der Waals surface area contributed by atoms with Crippen LogP contribution < -0.4 is 15.8 Å². The number of fused-ring (bicyclic) bond motifs is 1. The van der Waals surface area contributed by atoms with E-state index in [1.54, 1.807) is 42.5 Å². The number of anilines is 2. The molecule has 40 heavy (non-hydrogen) atoms. The summed E-state index contributed by atoms with van der Waals surface area (Å²) in [7, 11) is 3.73. The molecule has 0 radical (unpaired) electrons. The Balaban J connectivity index is 1.50. The van der Waals surface area contributed by atoms with Crippen LogP contribution in [0.1, 0.15) is 5.69 Å². The predicted octanol–water partition coefficient (Wildman–Crippen LogP) is 4.73. The first kappa shape index (κ1) is 26.4. The average molecular weight is 539 g/mol. The van der Waals surface area contributed by atoms with Crippen LogP contribution in [-0.4, -0.2) is 56.2 Å². The minimum atomic E-state index is -0.586. The molecule has 0 fully saturated rings. The highest BCUT2D eigenvalue weighted by Gasteiger charge is 2.21. The number of rotatable bonds is 8. The van der Waals surface area contributed by atoms with Crippen molar-refractivity contribution in [2.24, 2.45) is 0 Å². The van der Waals surface area contributed by atoms with E-state index in [4.69, 9.17) is 10.5 Å². The minimum absolute atomic E-state index is 0.0278. The summed E-state index contributed by atoms with van der Waals surface area (Å²) in [6.45, 7) is 6.11. The van der Waals surface area contributed by atoms with Crippen LogP contribution in [0.25, 0.3) is 27.9 Å². The third kappa shape index (κ3) is 5.49. The van der Waals surface area contributed by atoms with Crippen molar-refractivity contribution in [2.45, 2.75) is 6.92 Å². The smallest absolute Gasteiger partial charge is 0.252 e. The first-order valence-corrected chi connectivity index (χ1v) is 12.3. The van der Waals surface area contributed by atoms with Crippen molar-refractivity contribution in [1.29, 1.82) is 0 Å². The van der Waals surface area contributed by atoms with Crippen LogP contribution in [0, 0.1) is 12.7 Å². The van der Waals surface area contributed by atoms with Crippen LogP contribution >= 0.6 is 0 Å². The van der Waals surface area contributed by atoms with Gasteiger partial charge in [0.25, 0.3) is 5.91 Å². The van der Waals surface area contributed by atoms with E-state index in [2.05, 4.69) is 32.1 Å². The number of hydrogen-bond donors (Lipinski definition) is 2. The van der Waals surface area contributed by atoms with E-state index in [-0.39, 0.29) is 17.5 Å².